The van der Waals surface area contributed by atoms with E-state index in [1.54, 1.807) is 66.7 Å². The molecule has 4 aromatic rings. The summed E-state index contributed by atoms with van der Waals surface area (Å²) in [4.78, 5) is 12.4. The molecular weight excluding hydrogens is 473 g/mol. The lowest BCUT2D eigenvalue weighted by atomic mass is 10.1. The Balaban J connectivity index is 1.46. The van der Waals surface area contributed by atoms with Crippen molar-refractivity contribution in [2.45, 2.75) is 6.61 Å². The number of amides is 1. The van der Waals surface area contributed by atoms with Crippen LogP contribution in [0.4, 0.5) is 5.69 Å². The van der Waals surface area contributed by atoms with Crippen LogP contribution in [-0.4, -0.2) is 11.0 Å². The number of hydrogen-bond acceptors (Lipinski definition) is 4. The standard InChI is InChI=1S/C24H16Cl3NO4/c25-14-1-6-18(21(27)11-14)22-8-3-16(31-22)5-10-24(30)28-15-2-7-20(26)19(12-15)23-9-4-17(13-29)32-23/h1-12,29H,13H2,(H,28,30)/b10-5+. The Labute approximate surface area is 198 Å². The van der Waals surface area contributed by atoms with E-state index in [0.717, 1.165) is 0 Å². The van der Waals surface area contributed by atoms with Crippen molar-refractivity contribution in [3.63, 3.8) is 0 Å². The molecule has 0 aliphatic rings. The van der Waals surface area contributed by atoms with Gasteiger partial charge < -0.3 is 19.3 Å². The lowest BCUT2D eigenvalue weighted by Crippen LogP contribution is -2.07. The fourth-order valence-electron chi connectivity index (χ4n) is 3.02. The van der Waals surface area contributed by atoms with Crippen LogP contribution in [0.3, 0.4) is 0 Å². The lowest BCUT2D eigenvalue weighted by Gasteiger charge is -2.06. The number of halogens is 3. The molecule has 0 unspecified atom stereocenters. The second-order valence-corrected chi connectivity index (χ2v) is 8.02. The van der Waals surface area contributed by atoms with Gasteiger partial charge in [0.15, 0.2) is 0 Å². The zero-order chi connectivity index (χ0) is 22.7. The highest BCUT2D eigenvalue weighted by Gasteiger charge is 2.11. The molecule has 0 fully saturated rings. The number of furan rings is 2. The van der Waals surface area contributed by atoms with Gasteiger partial charge in [-0.15, -0.1) is 0 Å². The normalized spacial score (nSPS) is 11.2. The van der Waals surface area contributed by atoms with Crippen molar-refractivity contribution in [2.24, 2.45) is 0 Å². The van der Waals surface area contributed by atoms with Crippen LogP contribution < -0.4 is 5.32 Å². The van der Waals surface area contributed by atoms with E-state index in [-0.39, 0.29) is 12.5 Å². The van der Waals surface area contributed by atoms with Crippen LogP contribution in [0.1, 0.15) is 11.5 Å². The fourth-order valence-corrected chi connectivity index (χ4v) is 3.73. The highest BCUT2D eigenvalue weighted by Crippen LogP contribution is 2.33. The average Bonchev–Trinajstić information content (AvgIpc) is 3.43. The molecule has 0 spiro atoms. The molecule has 32 heavy (non-hydrogen) atoms. The van der Waals surface area contributed by atoms with Crippen LogP contribution in [-0.2, 0) is 11.4 Å². The van der Waals surface area contributed by atoms with Gasteiger partial charge in [0.25, 0.3) is 0 Å². The second kappa shape index (κ2) is 9.67. The highest BCUT2D eigenvalue weighted by molar-refractivity contribution is 6.36. The number of benzene rings is 2. The van der Waals surface area contributed by atoms with Gasteiger partial charge in [0, 0.05) is 27.9 Å². The lowest BCUT2D eigenvalue weighted by molar-refractivity contribution is -0.111. The van der Waals surface area contributed by atoms with E-state index in [9.17, 15) is 9.90 Å². The molecule has 2 N–H and O–H groups in total. The van der Waals surface area contributed by atoms with Gasteiger partial charge in [0.05, 0.1) is 10.0 Å². The van der Waals surface area contributed by atoms with E-state index in [0.29, 0.717) is 54.9 Å². The Kier molecular flexibility index (Phi) is 6.72. The molecule has 0 aliphatic heterocycles. The molecule has 0 radical (unpaired) electrons. The average molecular weight is 489 g/mol. The first kappa shape index (κ1) is 22.2. The molecule has 5 nitrogen and oxygen atoms in total. The summed E-state index contributed by atoms with van der Waals surface area (Å²) in [5, 5.41) is 13.4. The van der Waals surface area contributed by atoms with E-state index < -0.39 is 0 Å². The summed E-state index contributed by atoms with van der Waals surface area (Å²) in [6.45, 7) is -0.211. The van der Waals surface area contributed by atoms with Gasteiger partial charge in [0.1, 0.15) is 29.6 Å². The largest absolute Gasteiger partial charge is 0.459 e. The van der Waals surface area contributed by atoms with E-state index >= 15 is 0 Å². The van der Waals surface area contributed by atoms with Gasteiger partial charge in [-0.2, -0.15) is 0 Å². The zero-order valence-electron chi connectivity index (χ0n) is 16.4. The van der Waals surface area contributed by atoms with Crippen molar-refractivity contribution >= 4 is 52.5 Å². The summed E-state index contributed by atoms with van der Waals surface area (Å²) in [6, 6.07) is 17.0. The maximum atomic E-state index is 12.4. The van der Waals surface area contributed by atoms with Gasteiger partial charge in [-0.25, -0.2) is 0 Å². The highest BCUT2D eigenvalue weighted by atomic mass is 35.5. The fraction of sp³-hybridized carbons (Fsp3) is 0.0417. The van der Waals surface area contributed by atoms with Gasteiger partial charge in [-0.3, -0.25) is 4.79 Å². The summed E-state index contributed by atoms with van der Waals surface area (Å²) in [7, 11) is 0. The third-order valence-electron chi connectivity index (χ3n) is 4.54. The van der Waals surface area contributed by atoms with Crippen molar-refractivity contribution in [3.8, 4) is 22.6 Å². The van der Waals surface area contributed by atoms with Crippen LogP contribution in [0.25, 0.3) is 28.7 Å². The van der Waals surface area contributed by atoms with E-state index in [2.05, 4.69) is 5.32 Å². The maximum Gasteiger partial charge on any atom is 0.248 e. The number of rotatable bonds is 6. The van der Waals surface area contributed by atoms with Crippen molar-refractivity contribution in [2.75, 3.05) is 5.32 Å². The first-order valence-electron chi connectivity index (χ1n) is 9.47. The minimum atomic E-state index is -0.351. The first-order valence-corrected chi connectivity index (χ1v) is 10.6. The smallest absolute Gasteiger partial charge is 0.248 e. The van der Waals surface area contributed by atoms with Crippen molar-refractivity contribution in [1.82, 2.24) is 0 Å². The van der Waals surface area contributed by atoms with Gasteiger partial charge in [-0.05, 0) is 66.7 Å². The molecule has 162 valence electrons. The van der Waals surface area contributed by atoms with Crippen LogP contribution in [0.2, 0.25) is 15.1 Å². The summed E-state index contributed by atoms with van der Waals surface area (Å²) in [5.41, 5.74) is 1.84. The molecule has 2 heterocycles. The molecule has 2 aromatic carbocycles. The van der Waals surface area contributed by atoms with Gasteiger partial charge in [0.2, 0.25) is 5.91 Å². The van der Waals surface area contributed by atoms with Gasteiger partial charge in [-0.1, -0.05) is 34.8 Å². The Morgan fingerprint density at radius 1 is 0.875 bits per heavy atom. The third-order valence-corrected chi connectivity index (χ3v) is 5.42. The predicted molar refractivity (Wildman–Crippen MR) is 127 cm³/mol. The minimum absolute atomic E-state index is 0.211. The van der Waals surface area contributed by atoms with E-state index in [1.165, 1.54) is 6.08 Å². The zero-order valence-corrected chi connectivity index (χ0v) is 18.7. The monoisotopic (exact) mass is 487 g/mol. The van der Waals surface area contributed by atoms with Gasteiger partial charge >= 0.3 is 0 Å². The van der Waals surface area contributed by atoms with Crippen LogP contribution in [0, 0.1) is 0 Å². The summed E-state index contributed by atoms with van der Waals surface area (Å²) < 4.78 is 11.3. The molecule has 4 rings (SSSR count). The molecule has 0 atom stereocenters. The molecule has 1 amide bonds. The maximum absolute atomic E-state index is 12.4. The van der Waals surface area contributed by atoms with Crippen molar-refractivity contribution in [3.05, 3.63) is 93.3 Å². The summed E-state index contributed by atoms with van der Waals surface area (Å²) in [6.07, 6.45) is 2.91. The number of carbonyl (C=O) groups excluding carboxylic acids is 1. The molecule has 8 heteroatoms. The van der Waals surface area contributed by atoms with Crippen LogP contribution in [0.15, 0.2) is 75.6 Å². The predicted octanol–water partition coefficient (Wildman–Crippen LogP) is 7.31. The Hall–Kier alpha value is -2.96. The molecule has 2 aromatic heterocycles. The SMILES string of the molecule is O=C(/C=C/c1ccc(-c2ccc(Cl)cc2Cl)o1)Nc1ccc(Cl)c(-c2ccc(CO)o2)c1. The summed E-state index contributed by atoms with van der Waals surface area (Å²) in [5.74, 6) is 1.62. The van der Waals surface area contributed by atoms with Crippen LogP contribution >= 0.6 is 34.8 Å². The minimum Gasteiger partial charge on any atom is -0.459 e. The number of hydrogen-bond donors (Lipinski definition) is 2. The Morgan fingerprint density at radius 2 is 1.66 bits per heavy atom. The molecular formula is C24H16Cl3NO4. The first-order chi connectivity index (χ1) is 15.4. The number of anilines is 1. The van der Waals surface area contributed by atoms with Crippen molar-refractivity contribution < 1.29 is 18.7 Å². The molecule has 0 bridgehead atoms. The van der Waals surface area contributed by atoms with Crippen molar-refractivity contribution in [1.29, 1.82) is 0 Å². The molecule has 0 aliphatic carbocycles. The quantitative estimate of drug-likeness (QED) is 0.279. The summed E-state index contributed by atoms with van der Waals surface area (Å²) >= 11 is 18.4. The number of aliphatic hydroxyl groups excluding tert-OH is 1. The number of aliphatic hydroxyl groups is 1. The Bertz CT molecular complexity index is 1310. The number of nitrogens with one attached hydrogen (secondary N) is 1. The topological polar surface area (TPSA) is 75.6 Å². The second-order valence-electron chi connectivity index (χ2n) is 6.77. The Morgan fingerprint density at radius 3 is 2.41 bits per heavy atom. The van der Waals surface area contributed by atoms with E-state index in [4.69, 9.17) is 43.6 Å². The molecule has 0 saturated carbocycles. The van der Waals surface area contributed by atoms with Crippen LogP contribution in [0.5, 0.6) is 0 Å². The third kappa shape index (κ3) is 5.09. The van der Waals surface area contributed by atoms with E-state index in [1.807, 2.05) is 0 Å². The molecule has 0 saturated heterocycles. The number of carbonyl (C=O) groups is 1.